The van der Waals surface area contributed by atoms with Crippen molar-refractivity contribution >= 4 is 29.0 Å². The monoisotopic (exact) mass is 474 g/mol. The number of hydrogen-bond donors (Lipinski definition) is 0. The van der Waals surface area contributed by atoms with Crippen LogP contribution in [-0.4, -0.2) is 49.4 Å². The fourth-order valence-corrected chi connectivity index (χ4v) is 6.36. The molecular formula is C20H18N4Se2. The second-order valence-electron chi connectivity index (χ2n) is 6.00. The van der Waals surface area contributed by atoms with E-state index in [0.29, 0.717) is 0 Å². The van der Waals surface area contributed by atoms with Gasteiger partial charge in [-0.05, 0) is 0 Å². The summed E-state index contributed by atoms with van der Waals surface area (Å²) in [5.41, 5.74) is 2.62. The van der Waals surface area contributed by atoms with Gasteiger partial charge < -0.3 is 0 Å². The summed E-state index contributed by atoms with van der Waals surface area (Å²) in [6.45, 7) is 0. The fourth-order valence-electron chi connectivity index (χ4n) is 2.68. The first kappa shape index (κ1) is 17.6. The molecule has 0 spiro atoms. The normalized spacial score (nSPS) is 10.9. The zero-order valence-corrected chi connectivity index (χ0v) is 17.6. The van der Waals surface area contributed by atoms with Crippen molar-refractivity contribution in [2.75, 3.05) is 0 Å². The quantitative estimate of drug-likeness (QED) is 0.388. The summed E-state index contributed by atoms with van der Waals surface area (Å²) in [6.07, 6.45) is 3.78. The molecule has 0 atom stereocenters. The van der Waals surface area contributed by atoms with Crippen LogP contribution < -0.4 is 0 Å². The summed E-state index contributed by atoms with van der Waals surface area (Å²) in [5.74, 6) is 0. The van der Waals surface area contributed by atoms with Crippen molar-refractivity contribution in [2.24, 2.45) is 0 Å². The molecule has 26 heavy (non-hydrogen) atoms. The zero-order chi connectivity index (χ0) is 17.6. The molecule has 0 aliphatic rings. The molecule has 4 aromatic rings. The Hall–Kier alpha value is -1.84. The molecule has 4 nitrogen and oxygen atoms in total. The summed E-state index contributed by atoms with van der Waals surface area (Å²) >= 11 is 0.575. The van der Waals surface area contributed by atoms with Gasteiger partial charge in [-0.3, -0.25) is 0 Å². The van der Waals surface area contributed by atoms with E-state index in [0.717, 1.165) is 25.7 Å². The molecule has 0 saturated carbocycles. The van der Waals surface area contributed by atoms with Crippen molar-refractivity contribution in [3.8, 4) is 0 Å². The van der Waals surface area contributed by atoms with Crippen LogP contribution in [0.5, 0.6) is 0 Å². The number of benzene rings is 2. The van der Waals surface area contributed by atoms with E-state index in [-0.39, 0.29) is 29.0 Å². The molecule has 0 N–H and O–H groups in total. The van der Waals surface area contributed by atoms with Gasteiger partial charge in [0.05, 0.1) is 0 Å². The van der Waals surface area contributed by atoms with Crippen molar-refractivity contribution in [1.29, 1.82) is 0 Å². The third kappa shape index (κ3) is 4.86. The van der Waals surface area contributed by atoms with Gasteiger partial charge in [0.1, 0.15) is 0 Å². The molecule has 0 aliphatic heterocycles. The molecule has 0 unspecified atom stereocenters. The average Bonchev–Trinajstić information content (AvgIpc) is 3.31. The van der Waals surface area contributed by atoms with Crippen LogP contribution in [0.25, 0.3) is 0 Å². The molecule has 2 heterocycles. The van der Waals surface area contributed by atoms with Gasteiger partial charge in [0.25, 0.3) is 0 Å². The summed E-state index contributed by atoms with van der Waals surface area (Å²) in [6, 6.07) is 21.0. The first-order chi connectivity index (χ1) is 12.8. The van der Waals surface area contributed by atoms with E-state index in [9.17, 15) is 0 Å². The number of aromatic nitrogens is 4. The van der Waals surface area contributed by atoms with Gasteiger partial charge in [-0.25, -0.2) is 0 Å². The Bertz CT molecular complexity index is 868. The molecule has 2 aromatic heterocycles. The summed E-state index contributed by atoms with van der Waals surface area (Å²) < 4.78 is 4.91. The summed E-state index contributed by atoms with van der Waals surface area (Å²) in [5, 5.41) is 17.6. The second kappa shape index (κ2) is 8.70. The zero-order valence-electron chi connectivity index (χ0n) is 14.2. The molecule has 0 amide bonds. The van der Waals surface area contributed by atoms with E-state index >= 15 is 0 Å². The SMILES string of the molecule is c1ccc(Cc2nnc(CCc3nnc(Cc4ccccc4)[se]3)[se]2)cc1. The van der Waals surface area contributed by atoms with Crippen LogP contribution in [0.15, 0.2) is 60.7 Å². The Labute approximate surface area is 164 Å². The molecule has 0 radical (unpaired) electrons. The molecule has 0 fully saturated rings. The summed E-state index contributed by atoms with van der Waals surface area (Å²) in [7, 11) is 0. The molecule has 130 valence electrons. The van der Waals surface area contributed by atoms with Crippen molar-refractivity contribution in [2.45, 2.75) is 25.7 Å². The molecule has 2 aromatic carbocycles. The third-order valence-electron chi connectivity index (χ3n) is 3.97. The fraction of sp³-hybridized carbons (Fsp3) is 0.200. The van der Waals surface area contributed by atoms with Crippen LogP contribution >= 0.6 is 0 Å². The molecule has 0 aliphatic carbocycles. The first-order valence-corrected chi connectivity index (χ1v) is 12.0. The molecule has 4 rings (SSSR count). The molecule has 0 saturated heterocycles. The van der Waals surface area contributed by atoms with Gasteiger partial charge in [0.2, 0.25) is 0 Å². The molecule has 0 bridgehead atoms. The van der Waals surface area contributed by atoms with Crippen LogP contribution in [0.1, 0.15) is 29.4 Å². The van der Waals surface area contributed by atoms with Gasteiger partial charge in [-0.2, -0.15) is 0 Å². The predicted octanol–water partition coefficient (Wildman–Crippen LogP) is 2.35. The van der Waals surface area contributed by atoms with Crippen LogP contribution in [0.2, 0.25) is 0 Å². The van der Waals surface area contributed by atoms with Crippen LogP contribution in [0.3, 0.4) is 0 Å². The van der Waals surface area contributed by atoms with E-state index in [1.807, 2.05) is 12.1 Å². The van der Waals surface area contributed by atoms with E-state index in [1.54, 1.807) is 0 Å². The van der Waals surface area contributed by atoms with Gasteiger partial charge in [0, 0.05) is 0 Å². The number of rotatable bonds is 7. The van der Waals surface area contributed by atoms with Gasteiger partial charge in [-0.1, -0.05) is 0 Å². The van der Waals surface area contributed by atoms with Gasteiger partial charge in [0.15, 0.2) is 0 Å². The Kier molecular flexibility index (Phi) is 5.88. The van der Waals surface area contributed by atoms with E-state index in [2.05, 4.69) is 68.9 Å². The Morgan fingerprint density at radius 3 is 1.31 bits per heavy atom. The maximum atomic E-state index is 4.41. The van der Waals surface area contributed by atoms with Crippen molar-refractivity contribution in [3.05, 3.63) is 90.1 Å². The predicted molar refractivity (Wildman–Crippen MR) is 104 cm³/mol. The Morgan fingerprint density at radius 2 is 0.885 bits per heavy atom. The van der Waals surface area contributed by atoms with Crippen LogP contribution in [0, 0.1) is 0 Å². The number of hydrogen-bond acceptors (Lipinski definition) is 4. The second-order valence-corrected chi connectivity index (χ2v) is 10.8. The van der Waals surface area contributed by atoms with E-state index in [4.69, 9.17) is 0 Å². The Balaban J connectivity index is 1.32. The van der Waals surface area contributed by atoms with Gasteiger partial charge in [-0.15, -0.1) is 0 Å². The first-order valence-electron chi connectivity index (χ1n) is 8.55. The van der Waals surface area contributed by atoms with Crippen LogP contribution in [-0.2, 0) is 25.7 Å². The summed E-state index contributed by atoms with van der Waals surface area (Å²) in [4.78, 5) is 0. The molecule has 6 heteroatoms. The average molecular weight is 472 g/mol. The van der Waals surface area contributed by atoms with Crippen molar-refractivity contribution in [1.82, 2.24) is 20.4 Å². The Morgan fingerprint density at radius 1 is 0.500 bits per heavy atom. The topological polar surface area (TPSA) is 51.6 Å². The van der Waals surface area contributed by atoms with Crippen molar-refractivity contribution in [3.63, 3.8) is 0 Å². The minimum atomic E-state index is 0.287. The third-order valence-corrected chi connectivity index (χ3v) is 8.09. The number of aryl methyl sites for hydroxylation is 2. The van der Waals surface area contributed by atoms with Crippen molar-refractivity contribution < 1.29 is 0 Å². The number of nitrogens with zero attached hydrogens (tertiary/aromatic N) is 4. The maximum absolute atomic E-state index is 4.41. The van der Waals surface area contributed by atoms with Crippen LogP contribution in [0.4, 0.5) is 0 Å². The van der Waals surface area contributed by atoms with Gasteiger partial charge >= 0.3 is 165 Å². The minimum absolute atomic E-state index is 0.287. The van der Waals surface area contributed by atoms with E-state index in [1.165, 1.54) is 29.4 Å². The standard InChI is InChI=1S/C20H18N4Se2/c1-3-7-15(8-4-1)13-19-23-21-17(25-19)11-12-18-22-24-20(26-18)14-16-9-5-2-6-10-16/h1-10H,11-14H2. The molecular weight excluding hydrogens is 454 g/mol. The van der Waals surface area contributed by atoms with E-state index < -0.39 is 0 Å².